The van der Waals surface area contributed by atoms with Gasteiger partial charge in [-0.3, -0.25) is 4.79 Å². The molecule has 5 heteroatoms. The largest absolute Gasteiger partial charge is 0.355 e. The van der Waals surface area contributed by atoms with Gasteiger partial charge in [0.1, 0.15) is 5.56 Å². The predicted molar refractivity (Wildman–Crippen MR) is 108 cm³/mol. The molecule has 1 aromatic heterocycles. The fourth-order valence-corrected chi connectivity index (χ4v) is 2.95. The van der Waals surface area contributed by atoms with Crippen molar-refractivity contribution in [2.75, 3.05) is 0 Å². The Labute approximate surface area is 164 Å². The lowest BCUT2D eigenvalue weighted by Gasteiger charge is -2.18. The third-order valence-corrected chi connectivity index (χ3v) is 4.72. The molecule has 0 fully saturated rings. The van der Waals surface area contributed by atoms with Crippen LogP contribution in [0.3, 0.4) is 0 Å². The average Bonchev–Trinajstić information content (AvgIpc) is 3.02. The van der Waals surface area contributed by atoms with Crippen LogP contribution in [-0.4, -0.2) is 11.1 Å². The number of rotatable bonds is 4. The Hall–Kier alpha value is -2.59. The van der Waals surface area contributed by atoms with Crippen molar-refractivity contribution in [2.45, 2.75) is 39.7 Å². The van der Waals surface area contributed by atoms with Crippen molar-refractivity contribution in [1.82, 2.24) is 10.5 Å². The molecule has 140 valence electrons. The van der Waals surface area contributed by atoms with Crippen LogP contribution in [0, 0.1) is 6.92 Å². The summed E-state index contributed by atoms with van der Waals surface area (Å²) in [4.78, 5) is 12.8. The quantitative estimate of drug-likeness (QED) is 0.645. The molecule has 3 aromatic rings. The molecular weight excluding hydrogens is 360 g/mol. The van der Waals surface area contributed by atoms with Crippen LogP contribution in [-0.2, 0) is 12.0 Å². The number of amides is 1. The van der Waals surface area contributed by atoms with Gasteiger partial charge in [-0.05, 0) is 35.6 Å². The van der Waals surface area contributed by atoms with Crippen molar-refractivity contribution < 1.29 is 9.32 Å². The molecule has 1 amide bonds. The third kappa shape index (κ3) is 4.40. The van der Waals surface area contributed by atoms with E-state index in [1.165, 1.54) is 5.56 Å². The average molecular weight is 383 g/mol. The van der Waals surface area contributed by atoms with Gasteiger partial charge in [0.25, 0.3) is 5.91 Å². The summed E-state index contributed by atoms with van der Waals surface area (Å²) in [5, 5.41) is 7.59. The highest BCUT2D eigenvalue weighted by Crippen LogP contribution is 2.29. The standard InChI is InChI=1S/C22H23ClN2O2/c1-14-19(21(26)24-13-15-5-11-18(23)12-6-15)20(27-25-14)16-7-9-17(10-8-16)22(2,3)4/h5-12H,13H2,1-4H3,(H,24,26). The van der Waals surface area contributed by atoms with E-state index in [-0.39, 0.29) is 11.3 Å². The second kappa shape index (κ2) is 7.57. The van der Waals surface area contributed by atoms with Crippen molar-refractivity contribution in [3.63, 3.8) is 0 Å². The van der Waals surface area contributed by atoms with Crippen molar-refractivity contribution in [2.24, 2.45) is 0 Å². The summed E-state index contributed by atoms with van der Waals surface area (Å²) in [5.41, 5.74) is 4.12. The maximum Gasteiger partial charge on any atom is 0.257 e. The SMILES string of the molecule is Cc1noc(-c2ccc(C(C)(C)C)cc2)c1C(=O)NCc1ccc(Cl)cc1. The van der Waals surface area contributed by atoms with E-state index in [9.17, 15) is 4.79 Å². The lowest BCUT2D eigenvalue weighted by molar-refractivity contribution is 0.0950. The number of aryl methyl sites for hydroxylation is 1. The molecule has 1 heterocycles. The summed E-state index contributed by atoms with van der Waals surface area (Å²) in [6, 6.07) is 15.4. The molecule has 0 radical (unpaired) electrons. The first-order chi connectivity index (χ1) is 12.8. The molecule has 0 bridgehead atoms. The first-order valence-corrected chi connectivity index (χ1v) is 9.23. The molecule has 0 aliphatic heterocycles. The van der Waals surface area contributed by atoms with Crippen LogP contribution in [0.15, 0.2) is 53.1 Å². The third-order valence-electron chi connectivity index (χ3n) is 4.47. The Bertz CT molecular complexity index is 936. The van der Waals surface area contributed by atoms with E-state index in [1.807, 2.05) is 24.3 Å². The number of carbonyl (C=O) groups is 1. The Kier molecular flexibility index (Phi) is 5.38. The number of hydrogen-bond donors (Lipinski definition) is 1. The summed E-state index contributed by atoms with van der Waals surface area (Å²) < 4.78 is 5.47. The second-order valence-electron chi connectivity index (χ2n) is 7.61. The Morgan fingerprint density at radius 1 is 1.07 bits per heavy atom. The van der Waals surface area contributed by atoms with Crippen molar-refractivity contribution in [3.05, 3.63) is 75.9 Å². The summed E-state index contributed by atoms with van der Waals surface area (Å²) in [5.74, 6) is 0.278. The van der Waals surface area contributed by atoms with Crippen LogP contribution in [0.2, 0.25) is 5.02 Å². The number of nitrogens with one attached hydrogen (secondary N) is 1. The van der Waals surface area contributed by atoms with Crippen molar-refractivity contribution >= 4 is 17.5 Å². The zero-order valence-corrected chi connectivity index (χ0v) is 16.7. The van der Waals surface area contributed by atoms with Crippen LogP contribution in [0.5, 0.6) is 0 Å². The summed E-state index contributed by atoms with van der Waals surface area (Å²) >= 11 is 5.90. The Morgan fingerprint density at radius 2 is 1.70 bits per heavy atom. The maximum atomic E-state index is 12.8. The summed E-state index contributed by atoms with van der Waals surface area (Å²) in [6.45, 7) is 8.67. The predicted octanol–water partition coefficient (Wildman–Crippen LogP) is 5.53. The van der Waals surface area contributed by atoms with E-state index in [1.54, 1.807) is 19.1 Å². The molecule has 3 rings (SSSR count). The normalized spacial score (nSPS) is 11.4. The zero-order chi connectivity index (χ0) is 19.6. The van der Waals surface area contributed by atoms with Gasteiger partial charge >= 0.3 is 0 Å². The molecule has 1 N–H and O–H groups in total. The molecule has 0 atom stereocenters. The van der Waals surface area contributed by atoms with Crippen LogP contribution in [0.4, 0.5) is 0 Å². The van der Waals surface area contributed by atoms with E-state index >= 15 is 0 Å². The molecule has 0 aliphatic rings. The highest BCUT2D eigenvalue weighted by atomic mass is 35.5. The van der Waals surface area contributed by atoms with E-state index in [0.29, 0.717) is 28.6 Å². The molecule has 0 saturated carbocycles. The van der Waals surface area contributed by atoms with Gasteiger partial charge in [-0.1, -0.05) is 73.9 Å². The molecule has 0 spiro atoms. The first kappa shape index (κ1) is 19.2. The van der Waals surface area contributed by atoms with Gasteiger partial charge in [-0.25, -0.2) is 0 Å². The molecule has 27 heavy (non-hydrogen) atoms. The van der Waals surface area contributed by atoms with Crippen molar-refractivity contribution in [3.8, 4) is 11.3 Å². The van der Waals surface area contributed by atoms with Gasteiger partial charge in [0, 0.05) is 17.1 Å². The minimum atomic E-state index is -0.210. The van der Waals surface area contributed by atoms with Crippen molar-refractivity contribution in [1.29, 1.82) is 0 Å². The fourth-order valence-electron chi connectivity index (χ4n) is 2.83. The van der Waals surface area contributed by atoms with Gasteiger partial charge in [0.15, 0.2) is 5.76 Å². The van der Waals surface area contributed by atoms with Gasteiger partial charge in [-0.2, -0.15) is 0 Å². The zero-order valence-electron chi connectivity index (χ0n) is 16.0. The number of hydrogen-bond acceptors (Lipinski definition) is 3. The lowest BCUT2D eigenvalue weighted by Crippen LogP contribution is -2.23. The topological polar surface area (TPSA) is 55.1 Å². The Balaban J connectivity index is 1.81. The highest BCUT2D eigenvalue weighted by Gasteiger charge is 2.22. The van der Waals surface area contributed by atoms with Gasteiger partial charge < -0.3 is 9.84 Å². The summed E-state index contributed by atoms with van der Waals surface area (Å²) in [7, 11) is 0. The van der Waals surface area contributed by atoms with Gasteiger partial charge in [0.2, 0.25) is 0 Å². The lowest BCUT2D eigenvalue weighted by atomic mass is 9.86. The second-order valence-corrected chi connectivity index (χ2v) is 8.05. The van der Waals surface area contributed by atoms with Crippen LogP contribution < -0.4 is 5.32 Å². The van der Waals surface area contributed by atoms with E-state index in [4.69, 9.17) is 16.1 Å². The molecule has 0 unspecified atom stereocenters. The van der Waals surface area contributed by atoms with E-state index in [0.717, 1.165) is 11.1 Å². The molecule has 2 aromatic carbocycles. The fraction of sp³-hybridized carbons (Fsp3) is 0.273. The molecule has 0 aliphatic carbocycles. The number of benzene rings is 2. The van der Waals surface area contributed by atoms with Crippen LogP contribution in [0.25, 0.3) is 11.3 Å². The minimum absolute atomic E-state index is 0.0641. The van der Waals surface area contributed by atoms with E-state index in [2.05, 4.69) is 43.4 Å². The van der Waals surface area contributed by atoms with Gasteiger partial charge in [0.05, 0.1) is 5.69 Å². The monoisotopic (exact) mass is 382 g/mol. The number of aromatic nitrogens is 1. The smallest absolute Gasteiger partial charge is 0.257 e. The number of carbonyl (C=O) groups excluding carboxylic acids is 1. The van der Waals surface area contributed by atoms with E-state index < -0.39 is 0 Å². The Morgan fingerprint density at radius 3 is 2.30 bits per heavy atom. The number of nitrogens with zero attached hydrogens (tertiary/aromatic N) is 1. The molecule has 0 saturated heterocycles. The van der Waals surface area contributed by atoms with Crippen LogP contribution >= 0.6 is 11.6 Å². The summed E-state index contributed by atoms with van der Waals surface area (Å²) in [6.07, 6.45) is 0. The minimum Gasteiger partial charge on any atom is -0.355 e. The number of halogens is 1. The van der Waals surface area contributed by atoms with Crippen LogP contribution in [0.1, 0.15) is 48.0 Å². The molecule has 4 nitrogen and oxygen atoms in total. The van der Waals surface area contributed by atoms with Gasteiger partial charge in [-0.15, -0.1) is 0 Å². The molecular formula is C22H23ClN2O2. The highest BCUT2D eigenvalue weighted by molar-refractivity contribution is 6.30. The first-order valence-electron chi connectivity index (χ1n) is 8.85. The maximum absolute atomic E-state index is 12.8.